The van der Waals surface area contributed by atoms with Crippen LogP contribution in [0.5, 0.6) is 0 Å². The first-order valence-corrected chi connectivity index (χ1v) is 9.24. The summed E-state index contributed by atoms with van der Waals surface area (Å²) >= 11 is 0. The molecule has 0 aromatic heterocycles. The van der Waals surface area contributed by atoms with Crippen molar-refractivity contribution in [3.8, 4) is 0 Å². The summed E-state index contributed by atoms with van der Waals surface area (Å²) in [5.74, 6) is 0. The predicted octanol–water partition coefficient (Wildman–Crippen LogP) is 1.82. The summed E-state index contributed by atoms with van der Waals surface area (Å²) in [6.07, 6.45) is 0. The number of benzene rings is 2. The lowest BCUT2D eigenvalue weighted by atomic mass is 10.4. The van der Waals surface area contributed by atoms with Gasteiger partial charge in [-0.15, -0.1) is 0 Å². The van der Waals surface area contributed by atoms with Gasteiger partial charge >= 0.3 is 0 Å². The van der Waals surface area contributed by atoms with E-state index in [2.05, 4.69) is 4.72 Å². The van der Waals surface area contributed by atoms with Crippen LogP contribution in [0, 0.1) is 0 Å². The Hall–Kier alpha value is -1.70. The zero-order valence-corrected chi connectivity index (χ0v) is 13.0. The van der Waals surface area contributed by atoms with Gasteiger partial charge in [0.2, 0.25) is 19.9 Å². The Kier molecular flexibility index (Phi) is 4.46. The fourth-order valence-corrected chi connectivity index (χ4v) is 4.31. The third-order valence-corrected chi connectivity index (χ3v) is 6.12. The van der Waals surface area contributed by atoms with E-state index in [1.807, 2.05) is 0 Å². The van der Waals surface area contributed by atoms with Crippen molar-refractivity contribution in [3.63, 3.8) is 0 Å². The number of rotatable bonds is 5. The van der Waals surface area contributed by atoms with Crippen molar-refractivity contribution >= 4 is 19.9 Å². The summed E-state index contributed by atoms with van der Waals surface area (Å²) in [6.45, 7) is 1.89. The Morgan fingerprint density at radius 1 is 0.810 bits per heavy atom. The molecule has 0 amide bonds. The molecule has 5 nitrogen and oxygen atoms in total. The minimum Gasteiger partial charge on any atom is -0.219 e. The molecule has 21 heavy (non-hydrogen) atoms. The third-order valence-electron chi connectivity index (χ3n) is 2.81. The topological polar surface area (TPSA) is 80.3 Å². The van der Waals surface area contributed by atoms with Crippen molar-refractivity contribution in [1.82, 2.24) is 4.72 Å². The van der Waals surface area contributed by atoms with Crippen molar-refractivity contribution in [2.75, 3.05) is 6.54 Å². The number of nitrogens with one attached hydrogen (secondary N) is 1. The summed E-state index contributed by atoms with van der Waals surface area (Å²) < 4.78 is 51.1. The summed E-state index contributed by atoms with van der Waals surface area (Å²) in [6, 6.07) is 13.2. The second kappa shape index (κ2) is 5.97. The Bertz CT molecular complexity index is 828. The standard InChI is InChI=1S/C14H15NO4S2/c1-2-15-21(18,19)14-10-6-9-13(11-14)20(16,17)12-7-4-3-5-8-12/h3-11,15H,2H2,1H3. The Morgan fingerprint density at radius 3 is 2.00 bits per heavy atom. The van der Waals surface area contributed by atoms with E-state index in [-0.39, 0.29) is 21.2 Å². The van der Waals surface area contributed by atoms with Gasteiger partial charge in [-0.25, -0.2) is 21.6 Å². The average Bonchev–Trinajstić information content (AvgIpc) is 2.48. The summed E-state index contributed by atoms with van der Waals surface area (Å²) in [7, 11) is -7.42. The fraction of sp³-hybridized carbons (Fsp3) is 0.143. The second-order valence-corrected chi connectivity index (χ2v) is 8.01. The van der Waals surface area contributed by atoms with Crippen LogP contribution in [0.2, 0.25) is 0 Å². The molecule has 0 aliphatic rings. The van der Waals surface area contributed by atoms with E-state index in [1.165, 1.54) is 36.4 Å². The van der Waals surface area contributed by atoms with Crippen LogP contribution in [0.4, 0.5) is 0 Å². The average molecular weight is 325 g/mol. The highest BCUT2D eigenvalue weighted by Crippen LogP contribution is 2.22. The second-order valence-electron chi connectivity index (χ2n) is 4.29. The molecule has 0 fully saturated rings. The molecule has 2 rings (SSSR count). The highest BCUT2D eigenvalue weighted by molar-refractivity contribution is 7.91. The van der Waals surface area contributed by atoms with Crippen LogP contribution in [0.1, 0.15) is 6.92 Å². The molecule has 0 bridgehead atoms. The molecule has 1 N–H and O–H groups in total. The van der Waals surface area contributed by atoms with Gasteiger partial charge in [-0.1, -0.05) is 31.2 Å². The Morgan fingerprint density at radius 2 is 1.38 bits per heavy atom. The van der Waals surface area contributed by atoms with Gasteiger partial charge in [0.15, 0.2) is 0 Å². The highest BCUT2D eigenvalue weighted by Gasteiger charge is 2.20. The summed E-state index contributed by atoms with van der Waals surface area (Å²) in [5, 5.41) is 0. The third kappa shape index (κ3) is 3.31. The first-order chi connectivity index (χ1) is 9.88. The van der Waals surface area contributed by atoms with Crippen LogP contribution < -0.4 is 4.72 Å². The van der Waals surface area contributed by atoms with Crippen molar-refractivity contribution in [2.24, 2.45) is 0 Å². The van der Waals surface area contributed by atoms with E-state index in [0.717, 1.165) is 0 Å². The molecule has 112 valence electrons. The quantitative estimate of drug-likeness (QED) is 0.909. The molecular formula is C14H15NO4S2. The van der Waals surface area contributed by atoms with Gasteiger partial charge in [0.1, 0.15) is 0 Å². The lowest BCUT2D eigenvalue weighted by Gasteiger charge is -2.08. The maximum atomic E-state index is 12.5. The molecule has 0 aliphatic carbocycles. The first kappa shape index (κ1) is 15.7. The van der Waals surface area contributed by atoms with Crippen molar-refractivity contribution in [2.45, 2.75) is 21.6 Å². The van der Waals surface area contributed by atoms with Crippen LogP contribution in [0.3, 0.4) is 0 Å². The summed E-state index contributed by atoms with van der Waals surface area (Å²) in [4.78, 5) is 0.0111. The van der Waals surface area contributed by atoms with Gasteiger partial charge in [-0.3, -0.25) is 0 Å². The molecule has 0 radical (unpaired) electrons. The molecule has 2 aromatic carbocycles. The van der Waals surface area contributed by atoms with Gasteiger partial charge in [0.05, 0.1) is 14.7 Å². The predicted molar refractivity (Wildman–Crippen MR) is 79.2 cm³/mol. The van der Waals surface area contributed by atoms with Crippen LogP contribution >= 0.6 is 0 Å². The highest BCUT2D eigenvalue weighted by atomic mass is 32.2. The summed E-state index contributed by atoms with van der Waals surface area (Å²) in [5.41, 5.74) is 0. The van der Waals surface area contributed by atoms with E-state index in [1.54, 1.807) is 25.1 Å². The molecule has 0 atom stereocenters. The van der Waals surface area contributed by atoms with Crippen molar-refractivity contribution in [3.05, 3.63) is 54.6 Å². The minimum absolute atomic E-state index is 0.0484. The van der Waals surface area contributed by atoms with E-state index < -0.39 is 19.9 Å². The SMILES string of the molecule is CCNS(=O)(=O)c1cccc(S(=O)(=O)c2ccccc2)c1. The van der Waals surface area contributed by atoms with Crippen LogP contribution in [0.15, 0.2) is 69.3 Å². The number of sulfonamides is 1. The van der Waals surface area contributed by atoms with E-state index in [0.29, 0.717) is 0 Å². The van der Waals surface area contributed by atoms with Gasteiger partial charge < -0.3 is 0 Å². The molecule has 0 saturated heterocycles. The lowest BCUT2D eigenvalue weighted by molar-refractivity contribution is 0.583. The molecule has 0 heterocycles. The molecule has 7 heteroatoms. The molecular weight excluding hydrogens is 310 g/mol. The molecule has 2 aromatic rings. The maximum Gasteiger partial charge on any atom is 0.240 e. The Balaban J connectivity index is 2.53. The van der Waals surface area contributed by atoms with E-state index >= 15 is 0 Å². The van der Waals surface area contributed by atoms with Gasteiger partial charge in [-0.2, -0.15) is 0 Å². The number of hydrogen-bond acceptors (Lipinski definition) is 4. The van der Waals surface area contributed by atoms with Crippen molar-refractivity contribution < 1.29 is 16.8 Å². The molecule has 0 saturated carbocycles. The van der Waals surface area contributed by atoms with Gasteiger partial charge in [0, 0.05) is 6.54 Å². The minimum atomic E-state index is -3.73. The first-order valence-electron chi connectivity index (χ1n) is 6.28. The molecule has 0 spiro atoms. The van der Waals surface area contributed by atoms with Crippen LogP contribution in [-0.2, 0) is 19.9 Å². The van der Waals surface area contributed by atoms with Crippen LogP contribution in [-0.4, -0.2) is 23.4 Å². The van der Waals surface area contributed by atoms with Gasteiger partial charge in [0.25, 0.3) is 0 Å². The van der Waals surface area contributed by atoms with E-state index in [9.17, 15) is 16.8 Å². The maximum absolute atomic E-state index is 12.5. The zero-order valence-electron chi connectivity index (χ0n) is 11.4. The zero-order chi connectivity index (χ0) is 15.5. The normalized spacial score (nSPS) is 12.2. The van der Waals surface area contributed by atoms with Gasteiger partial charge in [-0.05, 0) is 30.3 Å². The lowest BCUT2D eigenvalue weighted by Crippen LogP contribution is -2.23. The molecule has 0 aliphatic heterocycles. The monoisotopic (exact) mass is 325 g/mol. The van der Waals surface area contributed by atoms with E-state index in [4.69, 9.17) is 0 Å². The van der Waals surface area contributed by atoms with Crippen molar-refractivity contribution in [1.29, 1.82) is 0 Å². The fourth-order valence-electron chi connectivity index (χ4n) is 1.82. The number of hydrogen-bond donors (Lipinski definition) is 1. The number of sulfone groups is 1. The molecule has 0 unspecified atom stereocenters. The van der Waals surface area contributed by atoms with Crippen LogP contribution in [0.25, 0.3) is 0 Å². The Labute approximate surface area is 124 Å². The smallest absolute Gasteiger partial charge is 0.219 e. The largest absolute Gasteiger partial charge is 0.240 e.